The monoisotopic (exact) mass is 248 g/mol. The molecule has 0 unspecified atom stereocenters. The van der Waals surface area contributed by atoms with Crippen molar-refractivity contribution in [2.45, 2.75) is 6.92 Å². The number of hydrogen-bond donors (Lipinski definition) is 2. The summed E-state index contributed by atoms with van der Waals surface area (Å²) < 4.78 is 2.72. The third kappa shape index (κ3) is 1.51. The summed E-state index contributed by atoms with van der Waals surface area (Å²) in [4.78, 5) is 6.49. The van der Waals surface area contributed by atoms with Gasteiger partial charge in [0, 0.05) is 0 Å². The molecule has 0 saturated heterocycles. The second kappa shape index (κ2) is 3.28. The van der Waals surface area contributed by atoms with E-state index in [0.29, 0.717) is 0 Å². The van der Waals surface area contributed by atoms with E-state index in [1.165, 1.54) is 14.1 Å². The van der Waals surface area contributed by atoms with E-state index in [0.717, 1.165) is 0 Å². The number of nitrogens with one attached hydrogen (secondary N) is 2. The summed E-state index contributed by atoms with van der Waals surface area (Å²) in [6, 6.07) is 6.30. The quantitative estimate of drug-likeness (QED) is 0.732. The topological polar surface area (TPSA) is 31.6 Å². The Kier molecular flexibility index (Phi) is 2.14. The maximum atomic E-state index is 3.26. The molecule has 0 aliphatic rings. The average molecular weight is 247 g/mol. The van der Waals surface area contributed by atoms with Crippen molar-refractivity contribution in [2.24, 2.45) is 0 Å². The predicted octanol–water partition coefficient (Wildman–Crippen LogP) is 0.685. The third-order valence-corrected chi connectivity index (χ3v) is 3.99. The Morgan fingerprint density at radius 3 is 2.67 bits per heavy atom. The molecule has 2 aromatic rings. The molecule has 2 heterocycles. The molecule has 3 heteroatoms. The number of aromatic amines is 2. The number of hydrogen-bond acceptors (Lipinski definition) is 0. The zero-order valence-corrected chi connectivity index (χ0v) is 8.48. The van der Waals surface area contributed by atoms with Gasteiger partial charge in [0.15, 0.2) is 0 Å². The molecule has 0 spiro atoms. The summed E-state index contributed by atoms with van der Waals surface area (Å²) in [5.41, 5.74) is 1.36. The van der Waals surface area contributed by atoms with Gasteiger partial charge >= 0.3 is 78.8 Å². The van der Waals surface area contributed by atoms with Crippen LogP contribution in [0.2, 0.25) is 0 Å². The van der Waals surface area contributed by atoms with Crippen molar-refractivity contribution < 1.29 is 17.1 Å². The van der Waals surface area contributed by atoms with Crippen LogP contribution in [0.25, 0.3) is 0 Å². The summed E-state index contributed by atoms with van der Waals surface area (Å²) in [6.07, 6.45) is 3.98. The summed E-state index contributed by atoms with van der Waals surface area (Å²) >= 11 is 0.152. The van der Waals surface area contributed by atoms with E-state index in [-0.39, 0.29) is 17.1 Å². The first kappa shape index (κ1) is 7.81. The molecule has 64 valence electrons. The fourth-order valence-corrected chi connectivity index (χ4v) is 2.78. The first-order valence-electron chi connectivity index (χ1n) is 3.76. The Balaban J connectivity index is 2.20. The Hall–Kier alpha value is -0.817. The Bertz CT molecular complexity index is 348. The van der Waals surface area contributed by atoms with Crippen LogP contribution in [0, 0.1) is 6.92 Å². The van der Waals surface area contributed by atoms with Crippen molar-refractivity contribution in [3.05, 3.63) is 36.2 Å². The van der Waals surface area contributed by atoms with Gasteiger partial charge in [-0.25, -0.2) is 0 Å². The van der Waals surface area contributed by atoms with Crippen molar-refractivity contribution in [3.63, 3.8) is 0 Å². The molecule has 0 radical (unpaired) electrons. The van der Waals surface area contributed by atoms with Crippen LogP contribution in [0.1, 0.15) is 5.56 Å². The van der Waals surface area contributed by atoms with Crippen LogP contribution in [0.4, 0.5) is 0 Å². The van der Waals surface area contributed by atoms with E-state index in [9.17, 15) is 0 Å². The van der Waals surface area contributed by atoms with Crippen LogP contribution in [0.5, 0.6) is 0 Å². The van der Waals surface area contributed by atoms with Crippen LogP contribution < -0.4 is 8.58 Å². The van der Waals surface area contributed by atoms with E-state index in [4.69, 9.17) is 0 Å². The average Bonchev–Trinajstić information content (AvgIpc) is 2.65. The Morgan fingerprint density at radius 1 is 1.17 bits per heavy atom. The Labute approximate surface area is 79.0 Å². The fraction of sp³-hybridized carbons (Fsp3) is 0.111. The van der Waals surface area contributed by atoms with Gasteiger partial charge in [-0.15, -0.1) is 0 Å². The van der Waals surface area contributed by atoms with Gasteiger partial charge in [-0.2, -0.15) is 0 Å². The van der Waals surface area contributed by atoms with Gasteiger partial charge < -0.3 is 0 Å². The molecular formula is C9H10N2Ru. The van der Waals surface area contributed by atoms with Gasteiger partial charge in [0.25, 0.3) is 0 Å². The normalized spacial score (nSPS) is 10.8. The van der Waals surface area contributed by atoms with Crippen molar-refractivity contribution in [3.8, 4) is 0 Å². The van der Waals surface area contributed by atoms with Crippen LogP contribution in [-0.4, -0.2) is 9.97 Å². The number of H-pyrrole nitrogens is 2. The van der Waals surface area contributed by atoms with E-state index >= 15 is 0 Å². The van der Waals surface area contributed by atoms with Crippen LogP contribution >= 0.6 is 0 Å². The van der Waals surface area contributed by atoms with Gasteiger partial charge in [0.2, 0.25) is 0 Å². The molecule has 2 N–H and O–H groups in total. The van der Waals surface area contributed by atoms with E-state index in [1.807, 2.05) is 18.5 Å². The molecule has 0 amide bonds. The molecule has 0 bridgehead atoms. The molecular weight excluding hydrogens is 237 g/mol. The van der Waals surface area contributed by atoms with Crippen molar-refractivity contribution in [1.29, 1.82) is 0 Å². The van der Waals surface area contributed by atoms with Gasteiger partial charge in [-0.3, -0.25) is 0 Å². The summed E-state index contributed by atoms with van der Waals surface area (Å²) in [5.74, 6) is 0. The van der Waals surface area contributed by atoms with Crippen molar-refractivity contribution >= 4 is 8.58 Å². The van der Waals surface area contributed by atoms with Crippen LogP contribution in [0.15, 0.2) is 30.6 Å². The van der Waals surface area contributed by atoms with Gasteiger partial charge in [-0.05, 0) is 0 Å². The zero-order valence-electron chi connectivity index (χ0n) is 6.74. The van der Waals surface area contributed by atoms with E-state index < -0.39 is 0 Å². The maximum absolute atomic E-state index is 3.26. The third-order valence-electron chi connectivity index (χ3n) is 1.61. The molecule has 0 aliphatic heterocycles. The molecule has 0 saturated carbocycles. The Morgan fingerprint density at radius 2 is 2.08 bits per heavy atom. The second-order valence-electron chi connectivity index (χ2n) is 2.56. The molecule has 0 fully saturated rings. The van der Waals surface area contributed by atoms with Gasteiger partial charge in [0.1, 0.15) is 0 Å². The first-order chi connectivity index (χ1) is 5.86. The molecule has 0 atom stereocenters. The van der Waals surface area contributed by atoms with Crippen LogP contribution in [0.3, 0.4) is 0 Å². The molecule has 2 nitrogen and oxygen atoms in total. The summed E-state index contributed by atoms with van der Waals surface area (Å²) in [5, 5.41) is 0. The molecule has 2 aromatic heterocycles. The minimum atomic E-state index is 0.152. The minimum absolute atomic E-state index is 0.152. The second-order valence-corrected chi connectivity index (χ2v) is 4.80. The molecule has 0 aromatic carbocycles. The molecule has 2 rings (SSSR count). The predicted molar refractivity (Wildman–Crippen MR) is 45.6 cm³/mol. The first-order valence-corrected chi connectivity index (χ1v) is 5.50. The number of rotatable bonds is 2. The van der Waals surface area contributed by atoms with E-state index in [2.05, 4.69) is 29.0 Å². The van der Waals surface area contributed by atoms with E-state index in [1.54, 1.807) is 0 Å². The van der Waals surface area contributed by atoms with Crippen molar-refractivity contribution in [2.75, 3.05) is 0 Å². The number of aromatic nitrogens is 2. The fourth-order valence-electron chi connectivity index (χ4n) is 0.972. The zero-order chi connectivity index (χ0) is 8.39. The summed E-state index contributed by atoms with van der Waals surface area (Å²) in [7, 11) is 0. The van der Waals surface area contributed by atoms with Crippen LogP contribution in [-0.2, 0) is 17.1 Å². The molecule has 0 aliphatic carbocycles. The SMILES string of the molecule is Cc1cc[nH][c]1[Ru][c]1ccc[nH]1. The number of aryl methyl sites for hydroxylation is 1. The summed E-state index contributed by atoms with van der Waals surface area (Å²) in [6.45, 7) is 2.14. The van der Waals surface area contributed by atoms with Gasteiger partial charge in [-0.1, -0.05) is 0 Å². The standard InChI is InChI=1S/C5H6N.C4H4N.Ru/c1-5-2-3-6-4-5;1-2-4-5-3-1;/h2-3,6H,1H3;1-3,5H;. The van der Waals surface area contributed by atoms with Gasteiger partial charge in [0.05, 0.1) is 0 Å². The van der Waals surface area contributed by atoms with Crippen molar-refractivity contribution in [1.82, 2.24) is 9.97 Å². The molecule has 12 heavy (non-hydrogen) atoms.